The molecule has 0 bridgehead atoms. The smallest absolute Gasteiger partial charge is 0.287 e. The molecule has 0 aliphatic carbocycles. The number of nitro benzene ring substituents is 2. The summed E-state index contributed by atoms with van der Waals surface area (Å²) in [6.07, 6.45) is -0.594. The molecule has 0 spiro atoms. The van der Waals surface area contributed by atoms with Crippen LogP contribution in [0, 0.1) is 26.1 Å². The van der Waals surface area contributed by atoms with Crippen molar-refractivity contribution in [1.82, 2.24) is 0 Å². The number of nitro groups is 2. The average Bonchev–Trinajstić information content (AvgIpc) is 2.37. The molecule has 0 fully saturated rings. The maximum Gasteiger partial charge on any atom is 0.287 e. The van der Waals surface area contributed by atoms with Crippen molar-refractivity contribution >= 4 is 22.9 Å². The van der Waals surface area contributed by atoms with E-state index in [0.29, 0.717) is 0 Å². The summed E-state index contributed by atoms with van der Waals surface area (Å²) in [5.41, 5.74) is -1.96. The molecule has 0 aliphatic heterocycles. The number of carbonyl (C=O) groups excluding carboxylic acids is 2. The number of hydrogen-bond acceptors (Lipinski definition) is 6. The maximum atomic E-state index is 12.0. The maximum absolute atomic E-state index is 12.0. The van der Waals surface area contributed by atoms with Crippen LogP contribution in [-0.2, 0) is 4.79 Å². The highest BCUT2D eigenvalue weighted by molar-refractivity contribution is 6.12. The standard InChI is InChI=1S/C12H12N2O6/c1-7(2)10(15)6-11(16)12-8(13(17)18)4-3-5-9(12)14(19)20/h3-5,7H,6H2,1-2H3. The van der Waals surface area contributed by atoms with E-state index in [1.54, 1.807) is 13.8 Å². The molecule has 0 amide bonds. The van der Waals surface area contributed by atoms with Crippen LogP contribution in [0.2, 0.25) is 0 Å². The highest BCUT2D eigenvalue weighted by Crippen LogP contribution is 2.29. The zero-order valence-electron chi connectivity index (χ0n) is 10.9. The molecule has 0 saturated carbocycles. The summed E-state index contributed by atoms with van der Waals surface area (Å²) in [5.74, 6) is -1.77. The van der Waals surface area contributed by atoms with Crippen molar-refractivity contribution in [3.05, 3.63) is 44.0 Å². The van der Waals surface area contributed by atoms with Crippen molar-refractivity contribution in [1.29, 1.82) is 0 Å². The van der Waals surface area contributed by atoms with Gasteiger partial charge in [-0.05, 0) is 6.07 Å². The summed E-state index contributed by atoms with van der Waals surface area (Å²) in [7, 11) is 0. The van der Waals surface area contributed by atoms with Gasteiger partial charge < -0.3 is 0 Å². The molecule has 0 N–H and O–H groups in total. The number of benzene rings is 1. The normalized spacial score (nSPS) is 10.3. The summed E-state index contributed by atoms with van der Waals surface area (Å²) >= 11 is 0. The Morgan fingerprint density at radius 2 is 1.55 bits per heavy atom. The van der Waals surface area contributed by atoms with Crippen LogP contribution >= 0.6 is 0 Å². The third-order valence-corrected chi connectivity index (χ3v) is 2.67. The van der Waals surface area contributed by atoms with Crippen LogP contribution in [0.5, 0.6) is 0 Å². The second-order valence-electron chi connectivity index (χ2n) is 4.41. The first kappa shape index (κ1) is 15.4. The summed E-state index contributed by atoms with van der Waals surface area (Å²) < 4.78 is 0. The van der Waals surface area contributed by atoms with Crippen molar-refractivity contribution in [2.24, 2.45) is 5.92 Å². The Morgan fingerprint density at radius 3 is 1.90 bits per heavy atom. The first-order valence-corrected chi connectivity index (χ1v) is 5.73. The molecule has 8 nitrogen and oxygen atoms in total. The van der Waals surface area contributed by atoms with Crippen LogP contribution in [0.15, 0.2) is 18.2 Å². The van der Waals surface area contributed by atoms with E-state index in [2.05, 4.69) is 0 Å². The molecule has 0 unspecified atom stereocenters. The molecule has 0 heterocycles. The fourth-order valence-corrected chi connectivity index (χ4v) is 1.57. The van der Waals surface area contributed by atoms with E-state index in [0.717, 1.165) is 18.2 Å². The molecule has 106 valence electrons. The number of ketones is 2. The lowest BCUT2D eigenvalue weighted by Gasteiger charge is -2.05. The summed E-state index contributed by atoms with van der Waals surface area (Å²) in [5, 5.41) is 21.7. The molecule has 0 saturated heterocycles. The van der Waals surface area contributed by atoms with Gasteiger partial charge in [0.15, 0.2) is 11.3 Å². The topological polar surface area (TPSA) is 120 Å². The number of nitrogens with zero attached hydrogens (tertiary/aromatic N) is 2. The quantitative estimate of drug-likeness (QED) is 0.341. The van der Waals surface area contributed by atoms with Gasteiger partial charge in [0.1, 0.15) is 5.78 Å². The van der Waals surface area contributed by atoms with Crippen LogP contribution < -0.4 is 0 Å². The summed E-state index contributed by atoms with van der Waals surface area (Å²) in [6, 6.07) is 3.12. The van der Waals surface area contributed by atoms with E-state index in [1.165, 1.54) is 0 Å². The van der Waals surface area contributed by atoms with E-state index in [4.69, 9.17) is 0 Å². The van der Waals surface area contributed by atoms with Crippen LogP contribution in [0.25, 0.3) is 0 Å². The summed E-state index contributed by atoms with van der Waals surface area (Å²) in [4.78, 5) is 43.5. The van der Waals surface area contributed by atoms with E-state index in [1.807, 2.05) is 0 Å². The Morgan fingerprint density at radius 1 is 1.10 bits per heavy atom. The third kappa shape index (κ3) is 3.22. The largest absolute Gasteiger partial charge is 0.299 e. The molecule has 1 rings (SSSR count). The van der Waals surface area contributed by atoms with Crippen LogP contribution in [-0.4, -0.2) is 21.4 Å². The number of rotatable bonds is 6. The molecule has 0 radical (unpaired) electrons. The monoisotopic (exact) mass is 280 g/mol. The lowest BCUT2D eigenvalue weighted by Crippen LogP contribution is -2.15. The number of carbonyl (C=O) groups is 2. The van der Waals surface area contributed by atoms with Gasteiger partial charge in [0.2, 0.25) is 0 Å². The van der Waals surface area contributed by atoms with E-state index in [-0.39, 0.29) is 0 Å². The van der Waals surface area contributed by atoms with Crippen molar-refractivity contribution in [3.8, 4) is 0 Å². The molecule has 0 atom stereocenters. The molecule has 8 heteroatoms. The molecular formula is C12H12N2O6. The minimum Gasteiger partial charge on any atom is -0.299 e. The Hall–Kier alpha value is -2.64. The Balaban J connectivity index is 3.33. The zero-order valence-corrected chi connectivity index (χ0v) is 10.9. The minimum atomic E-state index is -0.914. The van der Waals surface area contributed by atoms with Gasteiger partial charge in [-0.2, -0.15) is 0 Å². The predicted octanol–water partition coefficient (Wildman–Crippen LogP) is 2.30. The predicted molar refractivity (Wildman–Crippen MR) is 68.5 cm³/mol. The Kier molecular flexibility index (Phi) is 4.63. The molecule has 1 aromatic carbocycles. The van der Waals surface area contributed by atoms with Gasteiger partial charge in [-0.15, -0.1) is 0 Å². The van der Waals surface area contributed by atoms with Gasteiger partial charge in [-0.1, -0.05) is 13.8 Å². The SMILES string of the molecule is CC(C)C(=O)CC(=O)c1c([N+](=O)[O-])cccc1[N+](=O)[O-]. The van der Waals surface area contributed by atoms with Crippen molar-refractivity contribution in [2.45, 2.75) is 20.3 Å². The zero-order chi connectivity index (χ0) is 15.4. The number of hydrogen-bond donors (Lipinski definition) is 0. The van der Waals surface area contributed by atoms with Crippen LogP contribution in [0.1, 0.15) is 30.6 Å². The fourth-order valence-electron chi connectivity index (χ4n) is 1.57. The van der Waals surface area contributed by atoms with Crippen LogP contribution in [0.3, 0.4) is 0 Å². The summed E-state index contributed by atoms with van der Waals surface area (Å²) in [6.45, 7) is 3.15. The first-order valence-electron chi connectivity index (χ1n) is 5.73. The molecule has 0 aromatic heterocycles. The third-order valence-electron chi connectivity index (χ3n) is 2.67. The van der Waals surface area contributed by atoms with Crippen molar-refractivity contribution in [3.63, 3.8) is 0 Å². The second kappa shape index (κ2) is 6.00. The van der Waals surface area contributed by atoms with Crippen molar-refractivity contribution in [2.75, 3.05) is 0 Å². The number of Topliss-reactive ketones (excluding diaryl/α,β-unsaturated/α-hetero) is 2. The van der Waals surface area contributed by atoms with Gasteiger partial charge in [-0.3, -0.25) is 29.8 Å². The lowest BCUT2D eigenvalue weighted by atomic mass is 9.98. The average molecular weight is 280 g/mol. The van der Waals surface area contributed by atoms with Gasteiger partial charge in [-0.25, -0.2) is 0 Å². The molecule has 20 heavy (non-hydrogen) atoms. The van der Waals surface area contributed by atoms with Gasteiger partial charge >= 0.3 is 0 Å². The van der Waals surface area contributed by atoms with Gasteiger partial charge in [0.25, 0.3) is 11.4 Å². The van der Waals surface area contributed by atoms with Gasteiger partial charge in [0.05, 0.1) is 16.3 Å². The first-order chi connectivity index (χ1) is 9.25. The second-order valence-corrected chi connectivity index (χ2v) is 4.41. The molecule has 1 aromatic rings. The van der Waals surface area contributed by atoms with Crippen molar-refractivity contribution < 1.29 is 19.4 Å². The highest BCUT2D eigenvalue weighted by Gasteiger charge is 2.31. The van der Waals surface area contributed by atoms with Gasteiger partial charge in [0, 0.05) is 18.1 Å². The van der Waals surface area contributed by atoms with E-state index < -0.39 is 50.7 Å². The van der Waals surface area contributed by atoms with Crippen LogP contribution in [0.4, 0.5) is 11.4 Å². The highest BCUT2D eigenvalue weighted by atomic mass is 16.6. The lowest BCUT2D eigenvalue weighted by molar-refractivity contribution is -0.394. The molecule has 0 aliphatic rings. The fraction of sp³-hybridized carbons (Fsp3) is 0.333. The van der Waals surface area contributed by atoms with E-state index >= 15 is 0 Å². The minimum absolute atomic E-state index is 0.428. The Bertz CT molecular complexity index is 561. The Labute approximate surface area is 113 Å². The molecular weight excluding hydrogens is 268 g/mol. The van der Waals surface area contributed by atoms with E-state index in [9.17, 15) is 29.8 Å².